The lowest BCUT2D eigenvalue weighted by Crippen LogP contribution is -2.17. The molecule has 168 valence electrons. The van der Waals surface area contributed by atoms with Gasteiger partial charge in [0.25, 0.3) is 0 Å². The first-order chi connectivity index (χ1) is 15.0. The number of phenols is 1. The van der Waals surface area contributed by atoms with E-state index in [4.69, 9.17) is 9.88 Å². The lowest BCUT2D eigenvalue weighted by molar-refractivity contribution is 0.0992. The van der Waals surface area contributed by atoms with Gasteiger partial charge in [0, 0.05) is 26.5 Å². The number of ether oxygens (including phenoxy) is 1. The zero-order chi connectivity index (χ0) is 23.6. The van der Waals surface area contributed by atoms with Gasteiger partial charge in [-0.15, -0.1) is 0 Å². The van der Waals surface area contributed by atoms with Gasteiger partial charge in [-0.1, -0.05) is 29.8 Å². The highest BCUT2D eigenvalue weighted by atomic mass is 79.9. The minimum Gasteiger partial charge on any atom is -0.508 e. The second-order valence-corrected chi connectivity index (χ2v) is 10.8. The molecule has 3 aromatic carbocycles. The van der Waals surface area contributed by atoms with Gasteiger partial charge in [-0.05, 0) is 82.0 Å². The summed E-state index contributed by atoms with van der Waals surface area (Å²) >= 11 is 6.52. The summed E-state index contributed by atoms with van der Waals surface area (Å²) in [6.45, 7) is 3.95. The van der Waals surface area contributed by atoms with Crippen molar-refractivity contribution in [2.75, 3.05) is 0 Å². The minimum absolute atomic E-state index is 0.109. The summed E-state index contributed by atoms with van der Waals surface area (Å²) in [5, 5.41) is 15.3. The fourth-order valence-corrected chi connectivity index (χ4v) is 6.06. The molecule has 6 nitrogen and oxygen atoms in total. The molecule has 3 N–H and O–H groups in total. The number of hydrogen-bond donors (Lipinski definition) is 2. The number of Topliss-reactive ketones (excluding diaryl/α,β-unsaturated/α-hetero) is 1. The Kier molecular flexibility index (Phi) is 7.44. The largest absolute Gasteiger partial charge is 0.508 e. The molecule has 3 rings (SSSR count). The van der Waals surface area contributed by atoms with Crippen LogP contribution in [-0.2, 0) is 16.4 Å². The second-order valence-electron chi connectivity index (χ2n) is 7.52. The van der Waals surface area contributed by atoms with Crippen LogP contribution in [0.1, 0.15) is 41.3 Å². The number of hydrogen-bond acceptors (Lipinski definition) is 5. The van der Waals surface area contributed by atoms with E-state index in [0.717, 1.165) is 5.56 Å². The van der Waals surface area contributed by atoms with Crippen molar-refractivity contribution >= 4 is 47.7 Å². The number of phenolic OH excluding ortho intramolecular Hbond substituents is 1. The Labute approximate surface area is 203 Å². The molecule has 0 aliphatic rings. The van der Waals surface area contributed by atoms with E-state index < -0.39 is 10.0 Å². The SMILES string of the molecule is CC(C)c1cc(Oc2ccc(C(=O)Cc3cc(Br)cc(Br)c3S(N)(=O)=O)cc2)ccc1O. The summed E-state index contributed by atoms with van der Waals surface area (Å²) in [4.78, 5) is 12.7. The average molecular weight is 583 g/mol. The van der Waals surface area contributed by atoms with Crippen molar-refractivity contribution in [1.82, 2.24) is 0 Å². The normalized spacial score (nSPS) is 11.6. The zero-order valence-electron chi connectivity index (χ0n) is 17.3. The van der Waals surface area contributed by atoms with E-state index >= 15 is 0 Å². The Morgan fingerprint density at radius 2 is 1.66 bits per heavy atom. The molecule has 0 spiro atoms. The van der Waals surface area contributed by atoms with Gasteiger partial charge in [0.2, 0.25) is 10.0 Å². The molecular formula is C23H21Br2NO5S. The number of primary sulfonamides is 1. The second kappa shape index (κ2) is 9.74. The van der Waals surface area contributed by atoms with Crippen LogP contribution >= 0.6 is 31.9 Å². The number of carbonyl (C=O) groups is 1. The molecule has 0 amide bonds. The number of nitrogens with two attached hydrogens (primary N) is 1. The van der Waals surface area contributed by atoms with E-state index in [1.807, 2.05) is 13.8 Å². The topological polar surface area (TPSA) is 107 Å². The summed E-state index contributed by atoms with van der Waals surface area (Å²) in [5.74, 6) is 1.18. The van der Waals surface area contributed by atoms with Crippen LogP contribution in [0, 0.1) is 0 Å². The van der Waals surface area contributed by atoms with Gasteiger partial charge in [0.1, 0.15) is 17.2 Å². The van der Waals surface area contributed by atoms with Crippen LogP contribution in [0.15, 0.2) is 68.4 Å². The molecule has 0 saturated carbocycles. The van der Waals surface area contributed by atoms with Gasteiger partial charge in [-0.3, -0.25) is 4.79 Å². The maximum atomic E-state index is 12.8. The molecule has 0 bridgehead atoms. The zero-order valence-corrected chi connectivity index (χ0v) is 21.3. The van der Waals surface area contributed by atoms with Crippen LogP contribution in [0.4, 0.5) is 0 Å². The maximum absolute atomic E-state index is 12.8. The molecule has 0 atom stereocenters. The fraction of sp³-hybridized carbons (Fsp3) is 0.174. The van der Waals surface area contributed by atoms with Crippen molar-refractivity contribution in [3.8, 4) is 17.2 Å². The van der Waals surface area contributed by atoms with Gasteiger partial charge in [0.15, 0.2) is 5.78 Å². The van der Waals surface area contributed by atoms with Crippen molar-refractivity contribution in [1.29, 1.82) is 0 Å². The molecule has 0 aliphatic carbocycles. The van der Waals surface area contributed by atoms with Crippen LogP contribution in [-0.4, -0.2) is 19.3 Å². The van der Waals surface area contributed by atoms with Crippen molar-refractivity contribution in [3.05, 3.63) is 80.2 Å². The van der Waals surface area contributed by atoms with Crippen LogP contribution in [0.25, 0.3) is 0 Å². The average Bonchev–Trinajstić information content (AvgIpc) is 2.68. The van der Waals surface area contributed by atoms with E-state index in [9.17, 15) is 18.3 Å². The quantitative estimate of drug-likeness (QED) is 0.337. The molecule has 32 heavy (non-hydrogen) atoms. The molecule has 0 saturated heterocycles. The Bertz CT molecular complexity index is 1270. The first-order valence-electron chi connectivity index (χ1n) is 9.60. The molecule has 0 radical (unpaired) electrons. The lowest BCUT2D eigenvalue weighted by Gasteiger charge is -2.12. The predicted molar refractivity (Wildman–Crippen MR) is 130 cm³/mol. The van der Waals surface area contributed by atoms with Crippen LogP contribution < -0.4 is 9.88 Å². The van der Waals surface area contributed by atoms with Gasteiger partial charge in [0.05, 0.1) is 4.90 Å². The van der Waals surface area contributed by atoms with Crippen molar-refractivity contribution in [3.63, 3.8) is 0 Å². The molecule has 0 aliphatic heterocycles. The molecule has 3 aromatic rings. The number of sulfonamides is 1. The fourth-order valence-electron chi connectivity index (χ4n) is 3.24. The summed E-state index contributed by atoms with van der Waals surface area (Å²) in [5.41, 5.74) is 1.48. The van der Waals surface area contributed by atoms with Gasteiger partial charge in [-0.2, -0.15) is 0 Å². The summed E-state index contributed by atoms with van der Waals surface area (Å²) in [6, 6.07) is 14.7. The Hall–Kier alpha value is -2.20. The van der Waals surface area contributed by atoms with E-state index in [1.165, 1.54) is 0 Å². The highest BCUT2D eigenvalue weighted by Gasteiger charge is 2.21. The van der Waals surface area contributed by atoms with Gasteiger partial charge >= 0.3 is 0 Å². The summed E-state index contributed by atoms with van der Waals surface area (Å²) < 4.78 is 30.7. The predicted octanol–water partition coefficient (Wildman–Crippen LogP) is 5.91. The van der Waals surface area contributed by atoms with Crippen LogP contribution in [0.2, 0.25) is 0 Å². The Balaban J connectivity index is 1.81. The number of carbonyl (C=O) groups excluding carboxylic acids is 1. The van der Waals surface area contributed by atoms with Crippen molar-refractivity contribution in [2.45, 2.75) is 31.1 Å². The standard InChI is InChI=1S/C23H21Br2NO5S/c1-13(2)19-12-18(7-8-21(19)27)31-17-5-3-14(4-6-17)22(28)10-15-9-16(24)11-20(25)23(15)32(26,29)30/h3-9,11-13,27H,10H2,1-2H3,(H2,26,29,30). The van der Waals surface area contributed by atoms with E-state index in [-0.39, 0.29) is 33.2 Å². The summed E-state index contributed by atoms with van der Waals surface area (Å²) in [6.07, 6.45) is -0.139. The summed E-state index contributed by atoms with van der Waals surface area (Å²) in [7, 11) is -4.02. The molecular weight excluding hydrogens is 562 g/mol. The van der Waals surface area contributed by atoms with E-state index in [0.29, 0.717) is 27.1 Å². The smallest absolute Gasteiger partial charge is 0.239 e. The molecule has 0 heterocycles. The van der Waals surface area contributed by atoms with Crippen LogP contribution in [0.5, 0.6) is 17.2 Å². The van der Waals surface area contributed by atoms with Gasteiger partial charge in [-0.25, -0.2) is 13.6 Å². The first kappa shape index (κ1) is 24.4. The lowest BCUT2D eigenvalue weighted by atomic mass is 10.0. The maximum Gasteiger partial charge on any atom is 0.239 e. The molecule has 0 aromatic heterocycles. The Morgan fingerprint density at radius 3 is 2.25 bits per heavy atom. The first-order valence-corrected chi connectivity index (χ1v) is 12.7. The number of benzene rings is 3. The molecule has 9 heteroatoms. The van der Waals surface area contributed by atoms with Crippen LogP contribution in [0.3, 0.4) is 0 Å². The highest BCUT2D eigenvalue weighted by molar-refractivity contribution is 9.11. The minimum atomic E-state index is -4.02. The molecule has 0 unspecified atom stereocenters. The van der Waals surface area contributed by atoms with Crippen molar-refractivity contribution < 1.29 is 23.1 Å². The number of halogens is 2. The Morgan fingerprint density at radius 1 is 1.03 bits per heavy atom. The van der Waals surface area contributed by atoms with E-state index in [1.54, 1.807) is 54.6 Å². The van der Waals surface area contributed by atoms with E-state index in [2.05, 4.69) is 31.9 Å². The number of aromatic hydroxyl groups is 1. The van der Waals surface area contributed by atoms with Crippen molar-refractivity contribution in [2.24, 2.45) is 5.14 Å². The number of rotatable bonds is 7. The third-order valence-electron chi connectivity index (χ3n) is 4.75. The third-order valence-corrected chi connectivity index (χ3v) is 7.15. The third kappa shape index (κ3) is 5.78. The highest BCUT2D eigenvalue weighted by Crippen LogP contribution is 2.32. The number of ketones is 1. The van der Waals surface area contributed by atoms with Gasteiger partial charge < -0.3 is 9.84 Å². The molecule has 0 fully saturated rings. The monoisotopic (exact) mass is 581 g/mol.